The molecule has 0 spiro atoms. The van der Waals surface area contributed by atoms with Crippen LogP contribution < -0.4 is 5.32 Å². The van der Waals surface area contributed by atoms with Crippen LogP contribution in [0.25, 0.3) is 10.9 Å². The molecule has 1 aromatic heterocycles. The first kappa shape index (κ1) is 24.9. The summed E-state index contributed by atoms with van der Waals surface area (Å²) in [5.74, 6) is 0.281. The molecule has 2 amide bonds. The van der Waals surface area contributed by atoms with E-state index < -0.39 is 6.04 Å². The number of hydrogen-bond donors (Lipinski definition) is 1. The molecule has 0 bridgehead atoms. The van der Waals surface area contributed by atoms with Crippen LogP contribution in [0.2, 0.25) is 0 Å². The summed E-state index contributed by atoms with van der Waals surface area (Å²) >= 11 is 1.55. The number of allylic oxidation sites excluding steroid dienone is 1. The van der Waals surface area contributed by atoms with Crippen LogP contribution >= 0.6 is 11.8 Å². The summed E-state index contributed by atoms with van der Waals surface area (Å²) in [7, 11) is 2.03. The number of carbonyl (C=O) groups excluding carboxylic acids is 2. The molecule has 2 aliphatic rings. The Morgan fingerprint density at radius 1 is 1.26 bits per heavy atom. The number of rotatable bonds is 9. The van der Waals surface area contributed by atoms with E-state index in [0.29, 0.717) is 25.4 Å². The molecule has 34 heavy (non-hydrogen) atoms. The van der Waals surface area contributed by atoms with Gasteiger partial charge in [0.25, 0.3) is 0 Å². The van der Waals surface area contributed by atoms with Crippen molar-refractivity contribution in [3.63, 3.8) is 0 Å². The number of para-hydroxylation sites is 1. The average molecular weight is 484 g/mol. The summed E-state index contributed by atoms with van der Waals surface area (Å²) in [6.45, 7) is 5.73. The molecule has 2 heterocycles. The highest BCUT2D eigenvalue weighted by Gasteiger charge is 2.38. The topological polar surface area (TPSA) is 63.6 Å². The van der Waals surface area contributed by atoms with Gasteiger partial charge in [-0.25, -0.2) is 0 Å². The van der Waals surface area contributed by atoms with Gasteiger partial charge in [0.05, 0.1) is 16.9 Å². The van der Waals surface area contributed by atoms with Crippen molar-refractivity contribution in [2.24, 2.45) is 7.05 Å². The van der Waals surface area contributed by atoms with Gasteiger partial charge in [0.15, 0.2) is 0 Å². The fourth-order valence-electron chi connectivity index (χ4n) is 4.97. The second-order valence-corrected chi connectivity index (χ2v) is 10.5. The Morgan fingerprint density at radius 2 is 2.09 bits per heavy atom. The number of hydrogen-bond acceptors (Lipinski definition) is 4. The summed E-state index contributed by atoms with van der Waals surface area (Å²) in [6, 6.07) is 7.56. The van der Waals surface area contributed by atoms with Crippen molar-refractivity contribution < 1.29 is 14.3 Å². The van der Waals surface area contributed by atoms with Gasteiger partial charge in [-0.05, 0) is 58.4 Å². The first-order valence-electron chi connectivity index (χ1n) is 12.5. The van der Waals surface area contributed by atoms with Crippen molar-refractivity contribution in [2.75, 3.05) is 25.4 Å². The Hall–Kier alpha value is -2.25. The lowest BCUT2D eigenvalue weighted by Crippen LogP contribution is -2.44. The van der Waals surface area contributed by atoms with Gasteiger partial charge in [-0.3, -0.25) is 9.59 Å². The maximum absolute atomic E-state index is 13.7. The van der Waals surface area contributed by atoms with Crippen LogP contribution in [-0.4, -0.2) is 52.8 Å². The van der Waals surface area contributed by atoms with Gasteiger partial charge in [-0.1, -0.05) is 41.6 Å². The van der Waals surface area contributed by atoms with Crippen molar-refractivity contribution in [3.8, 4) is 0 Å². The van der Waals surface area contributed by atoms with Crippen molar-refractivity contribution in [1.82, 2.24) is 14.8 Å². The molecule has 0 radical (unpaired) electrons. The van der Waals surface area contributed by atoms with E-state index in [9.17, 15) is 9.59 Å². The van der Waals surface area contributed by atoms with Gasteiger partial charge in [-0.15, -0.1) is 0 Å². The van der Waals surface area contributed by atoms with E-state index in [2.05, 4.69) is 28.1 Å². The van der Waals surface area contributed by atoms with Gasteiger partial charge >= 0.3 is 0 Å². The lowest BCUT2D eigenvalue weighted by Gasteiger charge is -2.30. The highest BCUT2D eigenvalue weighted by atomic mass is 32.2. The average Bonchev–Trinajstić information content (AvgIpc) is 3.01. The molecule has 1 aliphatic heterocycles. The molecule has 2 aromatic rings. The molecule has 0 fully saturated rings. The Kier molecular flexibility index (Phi) is 8.37. The zero-order valence-corrected chi connectivity index (χ0v) is 21.5. The molecule has 184 valence electrons. The standard InChI is InChI=1S/C27H37N3O3S/c1-19(2)33-17-9-15-28-26(32)25-24-21-12-7-8-13-22(21)29(3)27(24)34-18-23(31)30(25)16-14-20-10-5-4-6-11-20/h7-8,10,12-13,19,25H,4-6,9,11,14-18H2,1-3H3,(H,28,32). The third kappa shape index (κ3) is 5.52. The van der Waals surface area contributed by atoms with Crippen LogP contribution in [0.4, 0.5) is 0 Å². The zero-order chi connectivity index (χ0) is 24.1. The Labute approximate surface area is 207 Å². The Balaban J connectivity index is 1.63. The number of aromatic nitrogens is 1. The summed E-state index contributed by atoms with van der Waals surface area (Å²) in [4.78, 5) is 28.9. The van der Waals surface area contributed by atoms with E-state index >= 15 is 0 Å². The van der Waals surface area contributed by atoms with Crippen molar-refractivity contribution in [1.29, 1.82) is 0 Å². The predicted octanol–water partition coefficient (Wildman–Crippen LogP) is 4.98. The molecule has 6 nitrogen and oxygen atoms in total. The Morgan fingerprint density at radius 3 is 2.85 bits per heavy atom. The second kappa shape index (κ2) is 11.5. The number of nitrogens with zero attached hydrogens (tertiary/aromatic N) is 2. The number of carbonyl (C=O) groups is 2. The van der Waals surface area contributed by atoms with E-state index in [1.807, 2.05) is 37.9 Å². The van der Waals surface area contributed by atoms with Crippen LogP contribution in [0.3, 0.4) is 0 Å². The second-order valence-electron chi connectivity index (χ2n) is 9.50. The van der Waals surface area contributed by atoms with Crippen molar-refractivity contribution in [2.45, 2.75) is 69.5 Å². The number of ether oxygens (including phenoxy) is 1. The number of thioether (sulfide) groups is 1. The summed E-state index contributed by atoms with van der Waals surface area (Å²) in [5, 5.41) is 5.17. The minimum Gasteiger partial charge on any atom is -0.379 e. The molecule has 1 aromatic carbocycles. The maximum Gasteiger partial charge on any atom is 0.247 e. The van der Waals surface area contributed by atoms with Crippen LogP contribution in [0.15, 0.2) is 40.9 Å². The van der Waals surface area contributed by atoms with Gasteiger partial charge in [0.2, 0.25) is 11.8 Å². The van der Waals surface area contributed by atoms with E-state index in [1.165, 1.54) is 18.4 Å². The number of benzene rings is 1. The van der Waals surface area contributed by atoms with E-state index in [4.69, 9.17) is 4.74 Å². The van der Waals surface area contributed by atoms with Gasteiger partial charge in [0, 0.05) is 43.2 Å². The fraction of sp³-hybridized carbons (Fsp3) is 0.556. The molecular formula is C27H37N3O3S. The number of aryl methyl sites for hydroxylation is 1. The molecule has 1 N–H and O–H groups in total. The van der Waals surface area contributed by atoms with E-state index in [1.54, 1.807) is 11.8 Å². The predicted molar refractivity (Wildman–Crippen MR) is 138 cm³/mol. The molecule has 0 saturated heterocycles. The number of nitrogens with one attached hydrogen (secondary N) is 1. The quantitative estimate of drug-likeness (QED) is 0.404. The largest absolute Gasteiger partial charge is 0.379 e. The lowest BCUT2D eigenvalue weighted by molar-refractivity contribution is -0.138. The van der Waals surface area contributed by atoms with E-state index in [0.717, 1.165) is 47.2 Å². The SMILES string of the molecule is CC(C)OCCCNC(=O)C1c2c(n(C)c3ccccc23)SCC(=O)N1CCC1=CCCCC1. The third-order valence-electron chi connectivity index (χ3n) is 6.71. The molecule has 4 rings (SSSR count). The minimum absolute atomic E-state index is 0.0324. The monoisotopic (exact) mass is 483 g/mol. The minimum atomic E-state index is -0.626. The van der Waals surface area contributed by atoms with Crippen LogP contribution in [-0.2, 0) is 21.4 Å². The normalized spacial score (nSPS) is 18.7. The third-order valence-corrected chi connectivity index (χ3v) is 7.87. The molecule has 1 unspecified atom stereocenters. The number of amides is 2. The van der Waals surface area contributed by atoms with Crippen LogP contribution in [0.5, 0.6) is 0 Å². The summed E-state index contributed by atoms with van der Waals surface area (Å²) in [5.41, 5.74) is 3.47. The van der Waals surface area contributed by atoms with Gasteiger partial charge in [-0.2, -0.15) is 0 Å². The smallest absolute Gasteiger partial charge is 0.247 e. The molecule has 1 aliphatic carbocycles. The molecule has 1 atom stereocenters. The molecule has 0 saturated carbocycles. The summed E-state index contributed by atoms with van der Waals surface area (Å²) in [6.07, 6.45) is 8.76. The Bertz CT molecular complexity index is 1060. The summed E-state index contributed by atoms with van der Waals surface area (Å²) < 4.78 is 7.75. The molecular weight excluding hydrogens is 446 g/mol. The highest BCUT2D eigenvalue weighted by Crippen LogP contribution is 2.42. The van der Waals surface area contributed by atoms with Gasteiger partial charge < -0.3 is 19.5 Å². The maximum atomic E-state index is 13.7. The zero-order valence-electron chi connectivity index (χ0n) is 20.6. The van der Waals surface area contributed by atoms with Gasteiger partial charge in [0.1, 0.15) is 6.04 Å². The first-order chi connectivity index (χ1) is 16.5. The number of fused-ring (bicyclic) bond motifs is 3. The van der Waals surface area contributed by atoms with Crippen LogP contribution in [0, 0.1) is 0 Å². The lowest BCUT2D eigenvalue weighted by atomic mass is 9.96. The van der Waals surface area contributed by atoms with E-state index in [-0.39, 0.29) is 17.9 Å². The fourth-order valence-corrected chi connectivity index (χ4v) is 6.07. The van der Waals surface area contributed by atoms with Crippen LogP contribution in [0.1, 0.15) is 64.0 Å². The first-order valence-corrected chi connectivity index (χ1v) is 13.5. The highest BCUT2D eigenvalue weighted by molar-refractivity contribution is 8.00. The van der Waals surface area contributed by atoms with Crippen molar-refractivity contribution >= 4 is 34.5 Å². The van der Waals surface area contributed by atoms with Crippen molar-refractivity contribution in [3.05, 3.63) is 41.5 Å². The molecule has 7 heteroatoms.